The summed E-state index contributed by atoms with van der Waals surface area (Å²) >= 11 is 0. The fourth-order valence-electron chi connectivity index (χ4n) is 2.29. The van der Waals surface area contributed by atoms with Gasteiger partial charge in [-0.2, -0.15) is 5.10 Å². The maximum absolute atomic E-state index is 11.9. The number of nitrogens with zero attached hydrogens (tertiary/aromatic N) is 3. The lowest BCUT2D eigenvalue weighted by molar-refractivity contribution is -0.142. The molecule has 0 unspecified atom stereocenters. The molecule has 0 saturated carbocycles. The first-order valence-electron chi connectivity index (χ1n) is 6.21. The first kappa shape index (κ1) is 13.4. The second kappa shape index (κ2) is 5.29. The smallest absolute Gasteiger partial charge is 0.317 e. The van der Waals surface area contributed by atoms with Crippen molar-refractivity contribution in [1.82, 2.24) is 20.0 Å². The molecule has 1 saturated heterocycles. The Morgan fingerprint density at radius 2 is 2.26 bits per heavy atom. The maximum Gasteiger partial charge on any atom is 0.317 e. The predicted molar refractivity (Wildman–Crippen MR) is 67.3 cm³/mol. The van der Waals surface area contributed by atoms with Crippen LogP contribution >= 0.6 is 0 Å². The van der Waals surface area contributed by atoms with Crippen molar-refractivity contribution in [3.8, 4) is 0 Å². The number of nitrogens with one attached hydrogen (secondary N) is 1. The molecule has 104 valence electrons. The van der Waals surface area contributed by atoms with Crippen molar-refractivity contribution in [2.24, 2.45) is 18.9 Å². The number of carbonyl (C=O) groups excluding carboxylic acids is 1. The maximum atomic E-state index is 11.9. The molecule has 0 spiro atoms. The first-order chi connectivity index (χ1) is 8.97. The molecule has 2 atom stereocenters. The summed E-state index contributed by atoms with van der Waals surface area (Å²) in [6, 6.07) is 1.59. The lowest BCUT2D eigenvalue weighted by Crippen LogP contribution is -2.38. The molecule has 7 heteroatoms. The molecule has 1 fully saturated rings. The fraction of sp³-hybridized carbons (Fsp3) is 0.583. The summed E-state index contributed by atoms with van der Waals surface area (Å²) in [6.45, 7) is 2.95. The fourth-order valence-corrected chi connectivity index (χ4v) is 2.29. The van der Waals surface area contributed by atoms with Crippen LogP contribution < -0.4 is 5.32 Å². The zero-order valence-corrected chi connectivity index (χ0v) is 11.0. The van der Waals surface area contributed by atoms with Crippen LogP contribution in [0.5, 0.6) is 0 Å². The largest absolute Gasteiger partial charge is 0.481 e. The molecule has 0 bridgehead atoms. The standard InChI is InChI=1S/C12H18N4O3/c1-8-6-16(7-10(8)11(17)18)12(19)13-5-9-3-4-15(2)14-9/h3-4,8,10H,5-7H2,1-2H3,(H,13,19)(H,17,18)/t8-,10-/m1/s1. The van der Waals surface area contributed by atoms with Crippen LogP contribution in [-0.2, 0) is 18.4 Å². The van der Waals surface area contributed by atoms with E-state index in [1.165, 1.54) is 0 Å². The summed E-state index contributed by atoms with van der Waals surface area (Å²) in [4.78, 5) is 24.5. The van der Waals surface area contributed by atoms with E-state index in [2.05, 4.69) is 10.4 Å². The summed E-state index contributed by atoms with van der Waals surface area (Å²) in [5.41, 5.74) is 0.776. The molecule has 2 rings (SSSR count). The van der Waals surface area contributed by atoms with Crippen LogP contribution in [0.15, 0.2) is 12.3 Å². The number of aliphatic carboxylic acids is 1. The second-order valence-corrected chi connectivity index (χ2v) is 4.97. The van der Waals surface area contributed by atoms with Crippen LogP contribution in [0, 0.1) is 11.8 Å². The average molecular weight is 266 g/mol. The van der Waals surface area contributed by atoms with Crippen LogP contribution in [0.2, 0.25) is 0 Å². The van der Waals surface area contributed by atoms with Gasteiger partial charge >= 0.3 is 12.0 Å². The monoisotopic (exact) mass is 266 g/mol. The van der Waals surface area contributed by atoms with Crippen molar-refractivity contribution in [3.05, 3.63) is 18.0 Å². The third-order valence-electron chi connectivity index (χ3n) is 3.41. The van der Waals surface area contributed by atoms with Gasteiger partial charge < -0.3 is 15.3 Å². The number of likely N-dealkylation sites (tertiary alicyclic amines) is 1. The Bertz CT molecular complexity index is 485. The van der Waals surface area contributed by atoms with Crippen LogP contribution in [0.4, 0.5) is 4.79 Å². The molecule has 1 aliphatic rings. The highest BCUT2D eigenvalue weighted by molar-refractivity contribution is 5.77. The number of carboxylic acid groups (broad SMARTS) is 1. The molecule has 1 aliphatic heterocycles. The van der Waals surface area contributed by atoms with E-state index < -0.39 is 11.9 Å². The summed E-state index contributed by atoms with van der Waals surface area (Å²) in [7, 11) is 1.81. The van der Waals surface area contributed by atoms with Crippen LogP contribution in [0.3, 0.4) is 0 Å². The van der Waals surface area contributed by atoms with Crippen molar-refractivity contribution in [2.75, 3.05) is 13.1 Å². The average Bonchev–Trinajstić information content (AvgIpc) is 2.92. The third kappa shape index (κ3) is 3.04. The molecular weight excluding hydrogens is 248 g/mol. The number of aryl methyl sites for hydroxylation is 1. The molecule has 2 heterocycles. The highest BCUT2D eigenvalue weighted by Crippen LogP contribution is 2.22. The first-order valence-corrected chi connectivity index (χ1v) is 6.21. The van der Waals surface area contributed by atoms with Crippen LogP contribution in [0.25, 0.3) is 0 Å². The quantitative estimate of drug-likeness (QED) is 0.822. The Labute approximate surface area is 111 Å². The van der Waals surface area contributed by atoms with E-state index in [1.54, 1.807) is 15.8 Å². The zero-order valence-electron chi connectivity index (χ0n) is 11.0. The predicted octanol–water partition coefficient (Wildman–Crippen LogP) is 0.282. The van der Waals surface area contributed by atoms with Crippen LogP contribution in [0.1, 0.15) is 12.6 Å². The highest BCUT2D eigenvalue weighted by Gasteiger charge is 2.36. The van der Waals surface area contributed by atoms with Crippen molar-refractivity contribution < 1.29 is 14.7 Å². The van der Waals surface area contributed by atoms with Gasteiger partial charge in [-0.25, -0.2) is 4.79 Å². The lowest BCUT2D eigenvalue weighted by atomic mass is 9.99. The normalized spacial score (nSPS) is 22.5. The number of hydrogen-bond acceptors (Lipinski definition) is 3. The number of amides is 2. The van der Waals surface area contributed by atoms with E-state index in [-0.39, 0.29) is 18.5 Å². The Balaban J connectivity index is 1.86. The molecule has 0 aromatic carbocycles. The molecular formula is C12H18N4O3. The summed E-state index contributed by atoms with van der Waals surface area (Å²) in [5.74, 6) is -1.33. The number of urea groups is 1. The summed E-state index contributed by atoms with van der Waals surface area (Å²) in [6.07, 6.45) is 1.81. The van der Waals surface area contributed by atoms with Gasteiger partial charge in [-0.3, -0.25) is 9.48 Å². The number of aromatic nitrogens is 2. The SMILES string of the molecule is C[C@@H]1CN(C(=O)NCc2ccn(C)n2)C[C@H]1C(=O)O. The summed E-state index contributed by atoms with van der Waals surface area (Å²) < 4.78 is 1.67. The van der Waals surface area contributed by atoms with Gasteiger partial charge in [0.15, 0.2) is 0 Å². The van der Waals surface area contributed by atoms with Crippen molar-refractivity contribution in [3.63, 3.8) is 0 Å². The van der Waals surface area contributed by atoms with E-state index in [0.717, 1.165) is 5.69 Å². The van der Waals surface area contributed by atoms with Gasteiger partial charge in [0.25, 0.3) is 0 Å². The van der Waals surface area contributed by atoms with E-state index in [4.69, 9.17) is 5.11 Å². The molecule has 2 N–H and O–H groups in total. The summed E-state index contributed by atoms with van der Waals surface area (Å²) in [5, 5.41) is 15.9. The minimum atomic E-state index is -0.840. The lowest BCUT2D eigenvalue weighted by Gasteiger charge is -2.16. The molecule has 2 amide bonds. The molecule has 19 heavy (non-hydrogen) atoms. The van der Waals surface area contributed by atoms with Gasteiger partial charge in [0, 0.05) is 26.3 Å². The van der Waals surface area contributed by atoms with E-state index in [1.807, 2.05) is 20.0 Å². The molecule has 1 aromatic rings. The second-order valence-electron chi connectivity index (χ2n) is 4.97. The van der Waals surface area contributed by atoms with E-state index >= 15 is 0 Å². The van der Waals surface area contributed by atoms with E-state index in [0.29, 0.717) is 13.1 Å². The topological polar surface area (TPSA) is 87.5 Å². The van der Waals surface area contributed by atoms with Gasteiger partial charge in [0.1, 0.15) is 0 Å². The Morgan fingerprint density at radius 1 is 1.53 bits per heavy atom. The Hall–Kier alpha value is -2.05. The number of rotatable bonds is 3. The number of carboxylic acids is 1. The minimum Gasteiger partial charge on any atom is -0.481 e. The van der Waals surface area contributed by atoms with Gasteiger partial charge in [0.2, 0.25) is 0 Å². The molecule has 0 aliphatic carbocycles. The van der Waals surface area contributed by atoms with Gasteiger partial charge in [-0.05, 0) is 12.0 Å². The number of hydrogen-bond donors (Lipinski definition) is 2. The van der Waals surface area contributed by atoms with Crippen molar-refractivity contribution in [2.45, 2.75) is 13.5 Å². The minimum absolute atomic E-state index is 0.0156. The van der Waals surface area contributed by atoms with Crippen molar-refractivity contribution in [1.29, 1.82) is 0 Å². The highest BCUT2D eigenvalue weighted by atomic mass is 16.4. The molecule has 0 radical (unpaired) electrons. The van der Waals surface area contributed by atoms with Crippen molar-refractivity contribution >= 4 is 12.0 Å². The van der Waals surface area contributed by atoms with E-state index in [9.17, 15) is 9.59 Å². The molecule has 1 aromatic heterocycles. The molecule has 7 nitrogen and oxygen atoms in total. The zero-order chi connectivity index (χ0) is 14.0. The third-order valence-corrected chi connectivity index (χ3v) is 3.41. The van der Waals surface area contributed by atoms with Gasteiger partial charge in [0.05, 0.1) is 18.2 Å². The van der Waals surface area contributed by atoms with Gasteiger partial charge in [-0.1, -0.05) is 6.92 Å². The van der Waals surface area contributed by atoms with Gasteiger partial charge in [-0.15, -0.1) is 0 Å². The van der Waals surface area contributed by atoms with Crippen LogP contribution in [-0.4, -0.2) is 44.9 Å². The Morgan fingerprint density at radius 3 is 2.79 bits per heavy atom. The Kier molecular flexibility index (Phi) is 3.73. The number of carbonyl (C=O) groups is 2.